The number of carbonyl (C=O) groups is 1. The van der Waals surface area contributed by atoms with Gasteiger partial charge >= 0.3 is 5.97 Å². The highest BCUT2D eigenvalue weighted by Crippen LogP contribution is 2.28. The molecule has 0 fully saturated rings. The Balaban J connectivity index is 2.38. The molecule has 0 aliphatic heterocycles. The Bertz CT molecular complexity index is 611. The Labute approximate surface area is 121 Å². The van der Waals surface area contributed by atoms with Gasteiger partial charge in [0.05, 0.1) is 11.7 Å². The summed E-state index contributed by atoms with van der Waals surface area (Å²) in [5.41, 5.74) is 1.49. The molecule has 2 N–H and O–H groups in total. The summed E-state index contributed by atoms with van der Waals surface area (Å²) >= 11 is 1.64. The van der Waals surface area contributed by atoms with Crippen LogP contribution < -0.4 is 5.32 Å². The van der Waals surface area contributed by atoms with Gasteiger partial charge in [-0.05, 0) is 37.3 Å². The van der Waals surface area contributed by atoms with Crippen LogP contribution >= 0.6 is 11.3 Å². The average Bonchev–Trinajstić information content (AvgIpc) is 2.93. The van der Waals surface area contributed by atoms with E-state index in [0.29, 0.717) is 17.1 Å². The predicted octanol–water partition coefficient (Wildman–Crippen LogP) is 3.42. The molecule has 2 aromatic rings. The topological polar surface area (TPSA) is 75.1 Å². The third kappa shape index (κ3) is 2.80. The molecule has 0 radical (unpaired) electrons. The van der Waals surface area contributed by atoms with Gasteiger partial charge < -0.3 is 10.4 Å². The number of aryl methyl sites for hydroxylation is 1. The predicted molar refractivity (Wildman–Crippen MR) is 79.4 cm³/mol. The van der Waals surface area contributed by atoms with Gasteiger partial charge in [-0.15, -0.1) is 16.4 Å². The maximum Gasteiger partial charge on any atom is 0.339 e. The minimum atomic E-state index is -0.982. The van der Waals surface area contributed by atoms with Gasteiger partial charge in [-0.3, -0.25) is 0 Å². The first-order valence-corrected chi connectivity index (χ1v) is 7.29. The molecule has 2 heterocycles. The average molecular weight is 291 g/mol. The summed E-state index contributed by atoms with van der Waals surface area (Å²) in [6.45, 7) is 5.56. The van der Waals surface area contributed by atoms with Gasteiger partial charge in [-0.2, -0.15) is 5.10 Å². The van der Waals surface area contributed by atoms with Gasteiger partial charge in [-0.1, -0.05) is 13.0 Å². The summed E-state index contributed by atoms with van der Waals surface area (Å²) < 4.78 is 0. The first kappa shape index (κ1) is 14.5. The van der Waals surface area contributed by atoms with Gasteiger partial charge in [0.1, 0.15) is 5.56 Å². The van der Waals surface area contributed by atoms with Gasteiger partial charge in [0.25, 0.3) is 0 Å². The fraction of sp³-hybridized carbons (Fsp3) is 0.357. The molecule has 0 spiro atoms. The Kier molecular flexibility index (Phi) is 4.34. The molecule has 0 aliphatic carbocycles. The molecule has 0 aromatic carbocycles. The third-order valence-corrected chi connectivity index (χ3v) is 4.26. The SMILES string of the molecule is CCC(Nc1nnc(C)c(C)c1C(=O)O)c1cccs1. The number of hydrogen-bond donors (Lipinski definition) is 2. The number of aromatic carboxylic acids is 1. The first-order chi connectivity index (χ1) is 9.54. The van der Waals surface area contributed by atoms with E-state index in [1.165, 1.54) is 0 Å². The quantitative estimate of drug-likeness (QED) is 0.883. The number of carboxylic acid groups (broad SMARTS) is 1. The minimum absolute atomic E-state index is 0.0458. The number of hydrogen-bond acceptors (Lipinski definition) is 5. The van der Waals surface area contributed by atoms with E-state index in [-0.39, 0.29) is 11.6 Å². The summed E-state index contributed by atoms with van der Waals surface area (Å²) in [4.78, 5) is 12.6. The van der Waals surface area contributed by atoms with Gasteiger partial charge in [0, 0.05) is 4.88 Å². The number of anilines is 1. The number of rotatable bonds is 5. The number of carboxylic acids is 1. The number of thiophene rings is 1. The molecule has 0 amide bonds. The molecule has 1 atom stereocenters. The molecule has 5 nitrogen and oxygen atoms in total. The summed E-state index contributed by atoms with van der Waals surface area (Å²) in [5.74, 6) is -0.648. The Morgan fingerprint density at radius 1 is 1.45 bits per heavy atom. The highest BCUT2D eigenvalue weighted by atomic mass is 32.1. The van der Waals surface area contributed by atoms with E-state index in [1.54, 1.807) is 25.2 Å². The van der Waals surface area contributed by atoms with Crippen LogP contribution in [0.5, 0.6) is 0 Å². The number of nitrogens with one attached hydrogen (secondary N) is 1. The van der Waals surface area contributed by atoms with E-state index >= 15 is 0 Å². The monoisotopic (exact) mass is 291 g/mol. The normalized spacial score (nSPS) is 12.2. The lowest BCUT2D eigenvalue weighted by molar-refractivity contribution is 0.0696. The summed E-state index contributed by atoms with van der Waals surface area (Å²) in [6, 6.07) is 4.06. The molecule has 106 valence electrons. The first-order valence-electron chi connectivity index (χ1n) is 6.41. The highest BCUT2D eigenvalue weighted by Gasteiger charge is 2.20. The second-order valence-corrected chi connectivity index (χ2v) is 5.54. The van der Waals surface area contributed by atoms with Crippen molar-refractivity contribution >= 4 is 23.1 Å². The second-order valence-electron chi connectivity index (χ2n) is 4.56. The fourth-order valence-corrected chi connectivity index (χ4v) is 2.86. The largest absolute Gasteiger partial charge is 0.478 e. The summed E-state index contributed by atoms with van der Waals surface area (Å²) in [6.07, 6.45) is 0.841. The zero-order valence-corrected chi connectivity index (χ0v) is 12.5. The Hall–Kier alpha value is -1.95. The molecule has 20 heavy (non-hydrogen) atoms. The van der Waals surface area contributed by atoms with Crippen molar-refractivity contribution in [2.24, 2.45) is 0 Å². The molecule has 0 saturated heterocycles. The molecule has 1 unspecified atom stereocenters. The van der Waals surface area contributed by atoms with E-state index in [2.05, 4.69) is 15.5 Å². The van der Waals surface area contributed by atoms with E-state index in [0.717, 1.165) is 11.3 Å². The van der Waals surface area contributed by atoms with Crippen molar-refractivity contribution in [3.05, 3.63) is 39.2 Å². The lowest BCUT2D eigenvalue weighted by Gasteiger charge is -2.18. The van der Waals surface area contributed by atoms with E-state index in [4.69, 9.17) is 0 Å². The van der Waals surface area contributed by atoms with Crippen LogP contribution in [0.15, 0.2) is 17.5 Å². The van der Waals surface area contributed by atoms with Crippen molar-refractivity contribution < 1.29 is 9.90 Å². The van der Waals surface area contributed by atoms with Crippen LogP contribution in [0, 0.1) is 13.8 Å². The van der Waals surface area contributed by atoms with Crippen LogP contribution in [0.1, 0.15) is 45.9 Å². The van der Waals surface area contributed by atoms with Crippen molar-refractivity contribution in [2.75, 3.05) is 5.32 Å². The van der Waals surface area contributed by atoms with Crippen LogP contribution in [0.4, 0.5) is 5.82 Å². The standard InChI is InChI=1S/C14H17N3O2S/c1-4-10(11-6-5-7-20-11)15-13-12(14(18)19)8(2)9(3)16-17-13/h5-7,10H,4H2,1-3H3,(H,15,17)(H,18,19). The highest BCUT2D eigenvalue weighted by molar-refractivity contribution is 7.10. The summed E-state index contributed by atoms with van der Waals surface area (Å²) in [5, 5.41) is 22.6. The van der Waals surface area contributed by atoms with Crippen molar-refractivity contribution in [1.29, 1.82) is 0 Å². The lowest BCUT2D eigenvalue weighted by atomic mass is 10.1. The number of aromatic nitrogens is 2. The molecule has 0 saturated carbocycles. The van der Waals surface area contributed by atoms with Crippen molar-refractivity contribution in [3.8, 4) is 0 Å². The maximum atomic E-state index is 11.4. The van der Waals surface area contributed by atoms with E-state index < -0.39 is 5.97 Å². The Morgan fingerprint density at radius 2 is 2.20 bits per heavy atom. The van der Waals surface area contributed by atoms with Crippen LogP contribution in [0.2, 0.25) is 0 Å². The van der Waals surface area contributed by atoms with Crippen molar-refractivity contribution in [2.45, 2.75) is 33.2 Å². The van der Waals surface area contributed by atoms with Crippen LogP contribution in [0.25, 0.3) is 0 Å². The molecular formula is C14H17N3O2S. The van der Waals surface area contributed by atoms with Gasteiger partial charge in [0.15, 0.2) is 5.82 Å². The minimum Gasteiger partial charge on any atom is -0.478 e. The zero-order valence-electron chi connectivity index (χ0n) is 11.7. The van der Waals surface area contributed by atoms with Crippen LogP contribution in [-0.4, -0.2) is 21.3 Å². The molecule has 2 rings (SSSR count). The smallest absolute Gasteiger partial charge is 0.339 e. The molecule has 0 aliphatic rings. The van der Waals surface area contributed by atoms with Crippen molar-refractivity contribution in [1.82, 2.24) is 10.2 Å². The third-order valence-electron chi connectivity index (χ3n) is 3.27. The summed E-state index contributed by atoms with van der Waals surface area (Å²) in [7, 11) is 0. The molecule has 6 heteroatoms. The zero-order chi connectivity index (χ0) is 14.7. The number of nitrogens with zero attached hydrogens (tertiary/aromatic N) is 2. The molecule has 2 aromatic heterocycles. The van der Waals surface area contributed by atoms with Crippen LogP contribution in [-0.2, 0) is 0 Å². The maximum absolute atomic E-state index is 11.4. The second kappa shape index (κ2) is 6.00. The van der Waals surface area contributed by atoms with Crippen LogP contribution in [0.3, 0.4) is 0 Å². The Morgan fingerprint density at radius 3 is 2.75 bits per heavy atom. The van der Waals surface area contributed by atoms with Gasteiger partial charge in [-0.25, -0.2) is 4.79 Å². The van der Waals surface area contributed by atoms with E-state index in [1.807, 2.05) is 24.4 Å². The van der Waals surface area contributed by atoms with Crippen molar-refractivity contribution in [3.63, 3.8) is 0 Å². The van der Waals surface area contributed by atoms with E-state index in [9.17, 15) is 9.90 Å². The molecular weight excluding hydrogens is 274 g/mol. The fourth-order valence-electron chi connectivity index (χ4n) is 2.00. The molecule has 0 bridgehead atoms. The lowest BCUT2D eigenvalue weighted by Crippen LogP contribution is -2.16. The van der Waals surface area contributed by atoms with Gasteiger partial charge in [0.2, 0.25) is 0 Å².